The number of ether oxygens (including phenoxy) is 1. The summed E-state index contributed by atoms with van der Waals surface area (Å²) < 4.78 is 30.3. The van der Waals surface area contributed by atoms with Crippen LogP contribution in [-0.2, 0) is 20.3 Å². The molecule has 0 aliphatic carbocycles. The van der Waals surface area contributed by atoms with Crippen LogP contribution >= 0.6 is 0 Å². The highest BCUT2D eigenvalue weighted by molar-refractivity contribution is 7.91. The van der Waals surface area contributed by atoms with E-state index in [4.69, 9.17) is 10.00 Å². The average Bonchev–Trinajstić information content (AvgIpc) is 2.52. The van der Waals surface area contributed by atoms with Gasteiger partial charge in [-0.15, -0.1) is 0 Å². The summed E-state index contributed by atoms with van der Waals surface area (Å²) in [5.41, 5.74) is 0.404. The second-order valence-electron chi connectivity index (χ2n) is 5.28. The van der Waals surface area contributed by atoms with E-state index in [1.807, 2.05) is 36.4 Å². The van der Waals surface area contributed by atoms with Gasteiger partial charge in [0.2, 0.25) is 0 Å². The smallest absolute Gasteiger partial charge is 0.182 e. The second kappa shape index (κ2) is 7.51. The zero-order valence-corrected chi connectivity index (χ0v) is 13.9. The van der Waals surface area contributed by atoms with E-state index in [0.717, 1.165) is 10.9 Å². The Morgan fingerprint density at radius 1 is 1.39 bits per heavy atom. The van der Waals surface area contributed by atoms with Gasteiger partial charge in [0.15, 0.2) is 15.3 Å². The number of aromatic nitrogens is 1. The van der Waals surface area contributed by atoms with Crippen LogP contribution in [0.25, 0.3) is 10.9 Å². The van der Waals surface area contributed by atoms with Gasteiger partial charge >= 0.3 is 0 Å². The molecule has 2 aromatic rings. The molecule has 0 aliphatic heterocycles. The van der Waals surface area contributed by atoms with E-state index in [2.05, 4.69) is 10.3 Å². The molecule has 0 radical (unpaired) electrons. The van der Waals surface area contributed by atoms with Gasteiger partial charge in [0.25, 0.3) is 0 Å². The number of methoxy groups -OCH3 is 1. The lowest BCUT2D eigenvalue weighted by Crippen LogP contribution is -2.44. The average molecular weight is 333 g/mol. The van der Waals surface area contributed by atoms with Gasteiger partial charge in [0, 0.05) is 24.7 Å². The molecular formula is C16H19N3O3S. The summed E-state index contributed by atoms with van der Waals surface area (Å²) in [5.74, 6) is -0.165. The molecule has 6 nitrogen and oxygen atoms in total. The van der Waals surface area contributed by atoms with Crippen LogP contribution in [0.2, 0.25) is 0 Å². The number of pyridine rings is 1. The lowest BCUT2D eigenvalue weighted by atomic mass is 10.2. The Bertz CT molecular complexity index is 815. The van der Waals surface area contributed by atoms with Crippen LogP contribution in [0.5, 0.6) is 0 Å². The molecule has 2 rings (SSSR count). The number of nitriles is 1. The maximum atomic E-state index is 12.6. The van der Waals surface area contributed by atoms with E-state index in [9.17, 15) is 8.42 Å². The minimum atomic E-state index is -3.56. The van der Waals surface area contributed by atoms with Crippen LogP contribution in [0, 0.1) is 11.3 Å². The molecule has 0 bridgehead atoms. The van der Waals surface area contributed by atoms with E-state index < -0.39 is 21.3 Å². The number of hydrogen-bond acceptors (Lipinski definition) is 6. The Hall–Kier alpha value is -2.01. The normalized spacial score (nSPS) is 14.3. The highest BCUT2D eigenvalue weighted by Gasteiger charge is 2.30. The van der Waals surface area contributed by atoms with Crippen molar-refractivity contribution < 1.29 is 13.2 Å². The standard InChI is InChI=1S/C16H19N3O3S/c1-12(18-8-7-17)16(22-2)23(20,21)11-13-9-14-5-3-4-6-15(14)19-10-13/h3-6,9-10,12,16,18H,8,11H2,1-2H3. The number of nitrogens with zero attached hydrogens (tertiary/aromatic N) is 2. The van der Waals surface area contributed by atoms with Crippen molar-refractivity contribution in [3.8, 4) is 6.07 Å². The monoisotopic (exact) mass is 333 g/mol. The molecule has 1 aromatic heterocycles. The SMILES string of the molecule is COC(C(C)NCC#N)S(=O)(=O)Cc1cnc2ccccc2c1. The van der Waals surface area contributed by atoms with Crippen molar-refractivity contribution in [2.24, 2.45) is 0 Å². The van der Waals surface area contributed by atoms with Crippen LogP contribution in [0.4, 0.5) is 0 Å². The first-order valence-electron chi connectivity index (χ1n) is 7.16. The topological polar surface area (TPSA) is 92.1 Å². The minimum absolute atomic E-state index is 0.0636. The Labute approximate surface area is 136 Å². The first-order valence-corrected chi connectivity index (χ1v) is 8.88. The molecule has 0 amide bonds. The molecule has 2 unspecified atom stereocenters. The molecule has 1 heterocycles. The Morgan fingerprint density at radius 3 is 2.83 bits per heavy atom. The summed E-state index contributed by atoms with van der Waals surface area (Å²) in [6, 6.07) is 10.8. The van der Waals surface area contributed by atoms with Crippen molar-refractivity contribution in [1.29, 1.82) is 5.26 Å². The minimum Gasteiger partial charge on any atom is -0.364 e. The van der Waals surface area contributed by atoms with Gasteiger partial charge in [0.1, 0.15) is 0 Å². The number of sulfone groups is 1. The van der Waals surface area contributed by atoms with Crippen LogP contribution in [0.15, 0.2) is 36.5 Å². The fourth-order valence-corrected chi connectivity index (χ4v) is 4.27. The number of rotatable bonds is 7. The Balaban J connectivity index is 2.22. The molecule has 7 heteroatoms. The van der Waals surface area contributed by atoms with Crippen molar-refractivity contribution in [2.75, 3.05) is 13.7 Å². The van der Waals surface area contributed by atoms with Gasteiger partial charge in [-0.1, -0.05) is 18.2 Å². The first-order chi connectivity index (χ1) is 11.0. The summed E-state index contributed by atoms with van der Waals surface area (Å²) in [6.07, 6.45) is 1.57. The van der Waals surface area contributed by atoms with E-state index in [1.54, 1.807) is 13.1 Å². The number of benzene rings is 1. The first kappa shape index (κ1) is 17.3. The maximum Gasteiger partial charge on any atom is 0.182 e. The van der Waals surface area contributed by atoms with Gasteiger partial charge in [-0.2, -0.15) is 5.26 Å². The molecule has 0 spiro atoms. The van der Waals surface area contributed by atoms with Gasteiger partial charge in [-0.3, -0.25) is 10.3 Å². The fourth-order valence-electron chi connectivity index (χ4n) is 2.47. The van der Waals surface area contributed by atoms with E-state index in [1.165, 1.54) is 7.11 Å². The molecule has 1 aromatic carbocycles. The van der Waals surface area contributed by atoms with Crippen LogP contribution in [0.3, 0.4) is 0 Å². The van der Waals surface area contributed by atoms with Crippen molar-refractivity contribution >= 4 is 20.7 Å². The molecule has 1 N–H and O–H groups in total. The zero-order valence-electron chi connectivity index (χ0n) is 13.1. The fraction of sp³-hybridized carbons (Fsp3) is 0.375. The number of para-hydroxylation sites is 1. The summed E-state index contributed by atoms with van der Waals surface area (Å²) >= 11 is 0. The van der Waals surface area contributed by atoms with Crippen molar-refractivity contribution in [2.45, 2.75) is 24.2 Å². The zero-order chi connectivity index (χ0) is 16.9. The third kappa shape index (κ3) is 4.26. The van der Waals surface area contributed by atoms with Gasteiger partial charge in [-0.05, 0) is 24.6 Å². The third-order valence-corrected chi connectivity index (χ3v) is 5.56. The van der Waals surface area contributed by atoms with Crippen LogP contribution in [0.1, 0.15) is 12.5 Å². The predicted octanol–water partition coefficient (Wildman–Crippen LogP) is 1.62. The van der Waals surface area contributed by atoms with Crippen molar-refractivity contribution in [1.82, 2.24) is 10.3 Å². The molecular weight excluding hydrogens is 314 g/mol. The van der Waals surface area contributed by atoms with Crippen molar-refractivity contribution in [3.63, 3.8) is 0 Å². The molecule has 122 valence electrons. The molecule has 0 aliphatic rings. The second-order valence-corrected chi connectivity index (χ2v) is 7.35. The molecule has 2 atom stereocenters. The van der Waals surface area contributed by atoms with E-state index >= 15 is 0 Å². The summed E-state index contributed by atoms with van der Waals surface area (Å²) in [4.78, 5) is 4.28. The van der Waals surface area contributed by atoms with Crippen LogP contribution in [-0.4, -0.2) is 38.5 Å². The molecule has 0 saturated carbocycles. The largest absolute Gasteiger partial charge is 0.364 e. The molecule has 0 saturated heterocycles. The molecule has 0 fully saturated rings. The number of hydrogen-bond donors (Lipinski definition) is 1. The summed E-state index contributed by atoms with van der Waals surface area (Å²) in [5, 5.41) is 12.3. The predicted molar refractivity (Wildman–Crippen MR) is 88.2 cm³/mol. The third-order valence-electron chi connectivity index (χ3n) is 3.51. The quantitative estimate of drug-likeness (QED) is 0.774. The number of fused-ring (bicyclic) bond motifs is 1. The van der Waals surface area contributed by atoms with Gasteiger partial charge in [0.05, 0.1) is 23.9 Å². The van der Waals surface area contributed by atoms with Gasteiger partial charge < -0.3 is 4.74 Å². The lowest BCUT2D eigenvalue weighted by molar-refractivity contribution is 0.135. The molecule has 23 heavy (non-hydrogen) atoms. The summed E-state index contributed by atoms with van der Waals surface area (Å²) in [7, 11) is -2.21. The van der Waals surface area contributed by atoms with E-state index in [0.29, 0.717) is 5.56 Å². The summed E-state index contributed by atoms with van der Waals surface area (Å²) in [6.45, 7) is 1.75. The lowest BCUT2D eigenvalue weighted by Gasteiger charge is -2.23. The highest BCUT2D eigenvalue weighted by Crippen LogP contribution is 2.18. The van der Waals surface area contributed by atoms with Crippen LogP contribution < -0.4 is 5.32 Å². The van der Waals surface area contributed by atoms with Gasteiger partial charge in [-0.25, -0.2) is 8.42 Å². The maximum absolute atomic E-state index is 12.6. The Morgan fingerprint density at radius 2 is 2.13 bits per heavy atom. The highest BCUT2D eigenvalue weighted by atomic mass is 32.2. The Kier molecular flexibility index (Phi) is 5.66. The number of nitrogens with one attached hydrogen (secondary N) is 1. The van der Waals surface area contributed by atoms with Crippen molar-refractivity contribution in [3.05, 3.63) is 42.1 Å². The van der Waals surface area contributed by atoms with E-state index in [-0.39, 0.29) is 12.3 Å².